The van der Waals surface area contributed by atoms with Gasteiger partial charge in [0.1, 0.15) is 0 Å². The maximum absolute atomic E-state index is 13.7. The number of nitrogens with zero attached hydrogens (tertiary/aromatic N) is 1. The minimum absolute atomic E-state index is 0.0289. The predicted octanol–water partition coefficient (Wildman–Crippen LogP) is 2.36. The molecule has 0 aromatic carbocycles. The molecule has 3 atom stereocenters. The zero-order chi connectivity index (χ0) is 14.0. The van der Waals surface area contributed by atoms with Crippen LogP contribution in [0.3, 0.4) is 0 Å². The van der Waals surface area contributed by atoms with Gasteiger partial charge in [-0.3, -0.25) is 4.79 Å². The lowest BCUT2D eigenvalue weighted by Crippen LogP contribution is -2.40. The van der Waals surface area contributed by atoms with Gasteiger partial charge in [-0.15, -0.1) is 0 Å². The zero-order valence-electron chi connectivity index (χ0n) is 11.3. The quantitative estimate of drug-likeness (QED) is 0.862. The monoisotopic (exact) mass is 265 g/mol. The van der Waals surface area contributed by atoms with Gasteiger partial charge >= 0.3 is 0 Å². The molecule has 1 aliphatic rings. The van der Waals surface area contributed by atoms with E-state index in [2.05, 4.69) is 24.1 Å². The van der Waals surface area contributed by atoms with Gasteiger partial charge in [0.25, 0.3) is 5.91 Å². The molecule has 19 heavy (non-hydrogen) atoms. The second-order valence-electron chi connectivity index (χ2n) is 5.50. The summed E-state index contributed by atoms with van der Waals surface area (Å²) in [6.07, 6.45) is 4.32. The average molecular weight is 265 g/mol. The van der Waals surface area contributed by atoms with Crippen LogP contribution in [0.2, 0.25) is 0 Å². The summed E-state index contributed by atoms with van der Waals surface area (Å²) >= 11 is 0. The highest BCUT2D eigenvalue weighted by molar-refractivity contribution is 5.95. The van der Waals surface area contributed by atoms with Crippen LogP contribution in [0.4, 0.5) is 10.2 Å². The Labute approximate surface area is 112 Å². The molecule has 1 fully saturated rings. The third-order valence-corrected chi connectivity index (χ3v) is 4.09. The number of hydrogen-bond acceptors (Lipinski definition) is 3. The Hall–Kier alpha value is -1.65. The molecule has 3 N–H and O–H groups in total. The van der Waals surface area contributed by atoms with Gasteiger partial charge in [-0.1, -0.05) is 13.8 Å². The van der Waals surface area contributed by atoms with E-state index in [0.29, 0.717) is 11.8 Å². The summed E-state index contributed by atoms with van der Waals surface area (Å²) < 4.78 is 13.7. The molecule has 2 rings (SSSR count). The highest BCUT2D eigenvalue weighted by atomic mass is 19.1. The van der Waals surface area contributed by atoms with Gasteiger partial charge in [-0.2, -0.15) is 0 Å². The molecule has 1 aromatic rings. The molecule has 1 saturated carbocycles. The molecule has 0 spiro atoms. The maximum atomic E-state index is 13.7. The normalized spacial score (nSPS) is 27.0. The van der Waals surface area contributed by atoms with E-state index in [1.165, 1.54) is 12.3 Å². The van der Waals surface area contributed by atoms with Crippen LogP contribution in [0.1, 0.15) is 43.5 Å². The Morgan fingerprint density at radius 2 is 2.16 bits per heavy atom. The Morgan fingerprint density at radius 1 is 1.42 bits per heavy atom. The van der Waals surface area contributed by atoms with Crippen LogP contribution < -0.4 is 11.1 Å². The molecule has 3 unspecified atom stereocenters. The summed E-state index contributed by atoms with van der Waals surface area (Å²) in [5.74, 6) is -0.123. The number of carbonyl (C=O) groups is 1. The number of halogens is 1. The lowest BCUT2D eigenvalue weighted by atomic mass is 9.79. The van der Waals surface area contributed by atoms with Crippen molar-refractivity contribution in [2.45, 2.75) is 39.2 Å². The zero-order valence-corrected chi connectivity index (χ0v) is 11.3. The highest BCUT2D eigenvalue weighted by Crippen LogP contribution is 2.29. The first kappa shape index (κ1) is 13.8. The molecule has 4 nitrogen and oxygen atoms in total. The van der Waals surface area contributed by atoms with Crippen LogP contribution in [0.5, 0.6) is 0 Å². The largest absolute Gasteiger partial charge is 0.381 e. The Bertz CT molecular complexity index is 478. The lowest BCUT2D eigenvalue weighted by molar-refractivity contribution is 0.0906. The van der Waals surface area contributed by atoms with E-state index in [0.717, 1.165) is 19.3 Å². The van der Waals surface area contributed by atoms with Gasteiger partial charge in [0.15, 0.2) is 11.6 Å². The van der Waals surface area contributed by atoms with Gasteiger partial charge < -0.3 is 11.1 Å². The number of anilines is 1. The third kappa shape index (κ3) is 3.03. The minimum Gasteiger partial charge on any atom is -0.381 e. The van der Waals surface area contributed by atoms with E-state index >= 15 is 0 Å². The molecule has 0 aliphatic heterocycles. The summed E-state index contributed by atoms with van der Waals surface area (Å²) in [6.45, 7) is 4.42. The van der Waals surface area contributed by atoms with Gasteiger partial charge in [0.05, 0.1) is 5.56 Å². The van der Waals surface area contributed by atoms with Crippen molar-refractivity contribution in [1.29, 1.82) is 0 Å². The lowest BCUT2D eigenvalue weighted by Gasteiger charge is -2.32. The smallest absolute Gasteiger partial charge is 0.254 e. The van der Waals surface area contributed by atoms with Crippen molar-refractivity contribution in [3.05, 3.63) is 23.6 Å². The van der Waals surface area contributed by atoms with Crippen molar-refractivity contribution < 1.29 is 9.18 Å². The van der Waals surface area contributed by atoms with Crippen molar-refractivity contribution in [3.8, 4) is 0 Å². The number of pyridine rings is 1. The van der Waals surface area contributed by atoms with Gasteiger partial charge in [0.2, 0.25) is 0 Å². The second-order valence-corrected chi connectivity index (χ2v) is 5.50. The van der Waals surface area contributed by atoms with E-state index < -0.39 is 11.7 Å². The SMILES string of the molecule is CC1CCC(NC(=O)c2ccnc(N)c2F)CC1C. The van der Waals surface area contributed by atoms with Crippen LogP contribution >= 0.6 is 0 Å². The number of hydrogen-bond donors (Lipinski definition) is 2. The fourth-order valence-electron chi connectivity index (χ4n) is 2.58. The predicted molar refractivity (Wildman–Crippen MR) is 72.0 cm³/mol. The fourth-order valence-corrected chi connectivity index (χ4v) is 2.58. The van der Waals surface area contributed by atoms with Crippen molar-refractivity contribution >= 4 is 11.7 Å². The summed E-state index contributed by atoms with van der Waals surface area (Å²) in [7, 11) is 0. The van der Waals surface area contributed by atoms with Gasteiger partial charge in [-0.05, 0) is 37.2 Å². The average Bonchev–Trinajstić information content (AvgIpc) is 2.37. The number of amides is 1. The standard InChI is InChI=1S/C14H20FN3O/c1-8-3-4-10(7-9(8)2)18-14(19)11-5-6-17-13(16)12(11)15/h5-6,8-10H,3-4,7H2,1-2H3,(H2,16,17)(H,18,19). The first-order chi connectivity index (χ1) is 8.99. The number of nitrogen functional groups attached to an aromatic ring is 1. The van der Waals surface area contributed by atoms with Crippen molar-refractivity contribution in [3.63, 3.8) is 0 Å². The molecule has 104 valence electrons. The number of aromatic nitrogens is 1. The van der Waals surface area contributed by atoms with Gasteiger partial charge in [-0.25, -0.2) is 9.37 Å². The van der Waals surface area contributed by atoms with E-state index in [9.17, 15) is 9.18 Å². The third-order valence-electron chi connectivity index (χ3n) is 4.09. The summed E-state index contributed by atoms with van der Waals surface area (Å²) in [5, 5.41) is 2.89. The van der Waals surface area contributed by atoms with Crippen LogP contribution in [-0.2, 0) is 0 Å². The summed E-state index contributed by atoms with van der Waals surface area (Å²) in [4.78, 5) is 15.7. The second kappa shape index (κ2) is 5.55. The minimum atomic E-state index is -0.739. The molecule has 0 saturated heterocycles. The van der Waals surface area contributed by atoms with Crippen molar-refractivity contribution in [2.24, 2.45) is 11.8 Å². The molecule has 5 heteroatoms. The summed E-state index contributed by atoms with van der Waals surface area (Å²) in [6, 6.07) is 1.48. The van der Waals surface area contributed by atoms with Crippen molar-refractivity contribution in [1.82, 2.24) is 10.3 Å². The number of carbonyl (C=O) groups excluding carboxylic acids is 1. The van der Waals surface area contributed by atoms with Crippen LogP contribution in [0, 0.1) is 17.7 Å². The first-order valence-electron chi connectivity index (χ1n) is 6.70. The first-order valence-corrected chi connectivity index (χ1v) is 6.70. The molecule has 0 bridgehead atoms. The van der Waals surface area contributed by atoms with Crippen molar-refractivity contribution in [2.75, 3.05) is 5.73 Å². The highest BCUT2D eigenvalue weighted by Gasteiger charge is 2.26. The van der Waals surface area contributed by atoms with Crippen LogP contribution in [0.15, 0.2) is 12.3 Å². The van der Waals surface area contributed by atoms with E-state index in [1.807, 2.05) is 0 Å². The van der Waals surface area contributed by atoms with Crippen LogP contribution in [0.25, 0.3) is 0 Å². The Kier molecular flexibility index (Phi) is 4.02. The van der Waals surface area contributed by atoms with Gasteiger partial charge in [0, 0.05) is 12.2 Å². The van der Waals surface area contributed by atoms with E-state index in [-0.39, 0.29) is 17.4 Å². The maximum Gasteiger partial charge on any atom is 0.254 e. The Morgan fingerprint density at radius 3 is 2.84 bits per heavy atom. The molecular weight excluding hydrogens is 245 g/mol. The number of rotatable bonds is 2. The molecule has 1 amide bonds. The summed E-state index contributed by atoms with van der Waals surface area (Å²) in [5.41, 5.74) is 5.34. The van der Waals surface area contributed by atoms with Crippen LogP contribution in [-0.4, -0.2) is 16.9 Å². The number of nitrogens with one attached hydrogen (secondary N) is 1. The Balaban J connectivity index is 2.03. The molecule has 1 aliphatic carbocycles. The molecule has 1 aromatic heterocycles. The molecule has 1 heterocycles. The van der Waals surface area contributed by atoms with E-state index in [4.69, 9.17) is 5.73 Å². The fraction of sp³-hybridized carbons (Fsp3) is 0.571. The molecule has 0 radical (unpaired) electrons. The van der Waals surface area contributed by atoms with E-state index in [1.54, 1.807) is 0 Å². The molecular formula is C14H20FN3O. The number of nitrogens with two attached hydrogens (primary N) is 1. The topological polar surface area (TPSA) is 68.0 Å².